The molecule has 1 heterocycles. The third-order valence-electron chi connectivity index (χ3n) is 6.40. The lowest BCUT2D eigenvalue weighted by Crippen LogP contribution is -2.46. The smallest absolute Gasteiger partial charge is 0.121 e. The number of rotatable bonds is 11. The van der Waals surface area contributed by atoms with E-state index in [9.17, 15) is 0 Å². The Morgan fingerprint density at radius 2 is 1.80 bits per heavy atom. The molecule has 1 aliphatic heterocycles. The van der Waals surface area contributed by atoms with Crippen LogP contribution in [0.15, 0.2) is 100 Å². The first-order chi connectivity index (χ1) is 16.7. The Hall–Kier alpha value is -3.11. The van der Waals surface area contributed by atoms with Crippen molar-refractivity contribution in [2.24, 2.45) is 4.99 Å². The van der Waals surface area contributed by atoms with Gasteiger partial charge in [0.1, 0.15) is 18.1 Å². The molecule has 0 saturated heterocycles. The van der Waals surface area contributed by atoms with Crippen LogP contribution in [0.1, 0.15) is 46.1 Å². The normalized spacial score (nSPS) is 17.7. The summed E-state index contributed by atoms with van der Waals surface area (Å²) in [6, 6.07) is 10.3. The van der Waals surface area contributed by atoms with Crippen molar-refractivity contribution in [1.29, 1.82) is 0 Å². The first kappa shape index (κ1) is 28.1. The van der Waals surface area contributed by atoms with Gasteiger partial charge >= 0.3 is 0 Å². The van der Waals surface area contributed by atoms with Gasteiger partial charge in [-0.2, -0.15) is 0 Å². The largest absolute Gasteiger partial charge is 0.497 e. The summed E-state index contributed by atoms with van der Waals surface area (Å²) in [5.41, 5.74) is 7.66. The highest BCUT2D eigenvalue weighted by molar-refractivity contribution is 5.84. The number of benzene rings is 1. The zero-order valence-corrected chi connectivity index (χ0v) is 22.8. The SMILES string of the molecule is C=C(/N=C\C=C(/C)c1ccccc1)NCC1=C(/C(C)=C/C=C(OC)\C(C)=C\CC)C[N+](C)(C)CC1. The molecule has 0 unspecified atom stereocenters. The average Bonchev–Trinajstić information content (AvgIpc) is 2.83. The highest BCUT2D eigenvalue weighted by atomic mass is 16.5. The maximum atomic E-state index is 5.62. The van der Waals surface area contributed by atoms with Crippen LogP contribution in [0, 0.1) is 0 Å². The van der Waals surface area contributed by atoms with Crippen molar-refractivity contribution in [3.05, 3.63) is 101 Å². The van der Waals surface area contributed by atoms with Gasteiger partial charge in [0.2, 0.25) is 0 Å². The van der Waals surface area contributed by atoms with Gasteiger partial charge in [0, 0.05) is 24.8 Å². The Morgan fingerprint density at radius 1 is 1.09 bits per heavy atom. The molecular weight excluding hydrogens is 430 g/mol. The zero-order chi connectivity index (χ0) is 25.8. The third kappa shape index (κ3) is 9.22. The van der Waals surface area contributed by atoms with E-state index in [-0.39, 0.29) is 0 Å². The Morgan fingerprint density at radius 3 is 2.46 bits per heavy atom. The zero-order valence-electron chi connectivity index (χ0n) is 22.8. The number of nitrogens with zero attached hydrogens (tertiary/aromatic N) is 2. The summed E-state index contributed by atoms with van der Waals surface area (Å²) >= 11 is 0. The van der Waals surface area contributed by atoms with E-state index in [1.807, 2.05) is 30.5 Å². The topological polar surface area (TPSA) is 33.6 Å². The molecule has 0 saturated carbocycles. The molecule has 4 heteroatoms. The first-order valence-corrected chi connectivity index (χ1v) is 12.5. The van der Waals surface area contributed by atoms with Crippen molar-refractivity contribution >= 4 is 11.8 Å². The van der Waals surface area contributed by atoms with E-state index in [4.69, 9.17) is 4.74 Å². The molecular formula is C31H44N3O+. The van der Waals surface area contributed by atoms with Crippen molar-refractivity contribution in [3.8, 4) is 0 Å². The van der Waals surface area contributed by atoms with Crippen molar-refractivity contribution in [2.75, 3.05) is 40.8 Å². The van der Waals surface area contributed by atoms with Gasteiger partial charge in [0.25, 0.3) is 0 Å². The number of aliphatic imine (C=N–C) groups is 1. The third-order valence-corrected chi connectivity index (χ3v) is 6.40. The summed E-state index contributed by atoms with van der Waals surface area (Å²) in [6.45, 7) is 15.5. The molecule has 0 atom stereocenters. The van der Waals surface area contributed by atoms with Crippen LogP contribution in [0.25, 0.3) is 5.57 Å². The Kier molecular flexibility index (Phi) is 11.0. The van der Waals surface area contributed by atoms with E-state index < -0.39 is 0 Å². The van der Waals surface area contributed by atoms with Gasteiger partial charge in [-0.05, 0) is 67.2 Å². The van der Waals surface area contributed by atoms with E-state index in [0.717, 1.165) is 42.7 Å². The van der Waals surface area contributed by atoms with E-state index in [1.165, 1.54) is 33.4 Å². The van der Waals surface area contributed by atoms with Crippen LogP contribution in [0.5, 0.6) is 0 Å². The Labute approximate surface area is 213 Å². The quantitative estimate of drug-likeness (QED) is 0.165. The molecule has 1 aromatic rings. The molecule has 1 N–H and O–H groups in total. The molecule has 1 aliphatic rings. The van der Waals surface area contributed by atoms with Crippen LogP contribution in [0.4, 0.5) is 0 Å². The van der Waals surface area contributed by atoms with Crippen LogP contribution in [0.3, 0.4) is 0 Å². The fourth-order valence-corrected chi connectivity index (χ4v) is 4.17. The fourth-order valence-electron chi connectivity index (χ4n) is 4.17. The van der Waals surface area contributed by atoms with Gasteiger partial charge in [-0.1, -0.05) is 56.0 Å². The molecule has 0 spiro atoms. The summed E-state index contributed by atoms with van der Waals surface area (Å²) in [5.74, 6) is 1.59. The van der Waals surface area contributed by atoms with Crippen LogP contribution in [0.2, 0.25) is 0 Å². The molecule has 0 amide bonds. The number of allylic oxidation sites excluding steroid dienone is 6. The molecule has 0 aromatic heterocycles. The second-order valence-corrected chi connectivity index (χ2v) is 9.82. The molecule has 0 aliphatic carbocycles. The summed E-state index contributed by atoms with van der Waals surface area (Å²) < 4.78 is 6.60. The lowest BCUT2D eigenvalue weighted by molar-refractivity contribution is -0.887. The van der Waals surface area contributed by atoms with Crippen molar-refractivity contribution in [3.63, 3.8) is 0 Å². The highest BCUT2D eigenvalue weighted by Gasteiger charge is 2.26. The minimum atomic E-state index is 0.678. The number of likely N-dealkylation sites (N-methyl/N-ethyl adjacent to an activating group) is 1. The van der Waals surface area contributed by atoms with E-state index in [1.54, 1.807) is 7.11 Å². The lowest BCUT2D eigenvalue weighted by atomic mass is 9.93. The fraction of sp³-hybridized carbons (Fsp3) is 0.387. The summed E-state index contributed by atoms with van der Waals surface area (Å²) in [4.78, 5) is 4.50. The standard InChI is InChI=1S/C31H44N3O/c1-9-13-26(4)31(35-8)17-16-25(3)30-23-34(6,7)21-19-29(30)22-33-27(5)32-20-18-24(2)28-14-11-10-12-15-28/h10-18,20,33H,5,9,19,21-23H2,1-4,6-8H3/q+1/b24-18+,25-16+,26-13+,31-17+,32-20-. The van der Waals surface area contributed by atoms with Gasteiger partial charge < -0.3 is 14.5 Å². The molecule has 0 bridgehead atoms. The average molecular weight is 475 g/mol. The van der Waals surface area contributed by atoms with Gasteiger partial charge in [-0.25, -0.2) is 4.99 Å². The van der Waals surface area contributed by atoms with E-state index in [2.05, 4.69) is 89.0 Å². The van der Waals surface area contributed by atoms with Crippen LogP contribution < -0.4 is 5.32 Å². The van der Waals surface area contributed by atoms with Crippen molar-refractivity contribution < 1.29 is 9.22 Å². The predicted molar refractivity (Wildman–Crippen MR) is 152 cm³/mol. The molecule has 0 radical (unpaired) electrons. The predicted octanol–water partition coefficient (Wildman–Crippen LogP) is 6.83. The summed E-state index contributed by atoms with van der Waals surface area (Å²) in [6.07, 6.45) is 12.4. The van der Waals surface area contributed by atoms with E-state index >= 15 is 0 Å². The summed E-state index contributed by atoms with van der Waals surface area (Å²) in [7, 11) is 6.33. The highest BCUT2D eigenvalue weighted by Crippen LogP contribution is 2.27. The molecule has 188 valence electrons. The monoisotopic (exact) mass is 474 g/mol. The lowest BCUT2D eigenvalue weighted by Gasteiger charge is -2.36. The Bertz CT molecular complexity index is 1050. The Balaban J connectivity index is 2.15. The molecule has 35 heavy (non-hydrogen) atoms. The maximum absolute atomic E-state index is 5.62. The molecule has 1 aromatic carbocycles. The number of quaternary nitrogens is 1. The number of hydrogen-bond donors (Lipinski definition) is 1. The van der Waals surface area contributed by atoms with Crippen molar-refractivity contribution in [1.82, 2.24) is 5.32 Å². The van der Waals surface area contributed by atoms with Crippen LogP contribution in [-0.4, -0.2) is 51.5 Å². The van der Waals surface area contributed by atoms with Gasteiger partial charge in [-0.3, -0.25) is 0 Å². The minimum Gasteiger partial charge on any atom is -0.497 e. The molecule has 0 fully saturated rings. The molecule has 4 nitrogen and oxygen atoms in total. The van der Waals surface area contributed by atoms with Crippen LogP contribution >= 0.6 is 0 Å². The number of nitrogens with one attached hydrogen (secondary N) is 1. The van der Waals surface area contributed by atoms with Crippen LogP contribution in [-0.2, 0) is 4.74 Å². The molecule has 2 rings (SSSR count). The second kappa shape index (κ2) is 13.7. The summed E-state index contributed by atoms with van der Waals surface area (Å²) in [5, 5.41) is 3.43. The van der Waals surface area contributed by atoms with Crippen molar-refractivity contribution in [2.45, 2.75) is 40.5 Å². The minimum absolute atomic E-state index is 0.678. The second-order valence-electron chi connectivity index (χ2n) is 9.82. The van der Waals surface area contributed by atoms with E-state index in [0.29, 0.717) is 5.82 Å². The number of methoxy groups -OCH3 is 1. The first-order valence-electron chi connectivity index (χ1n) is 12.5. The van der Waals surface area contributed by atoms with Gasteiger partial charge in [-0.15, -0.1) is 0 Å². The van der Waals surface area contributed by atoms with Gasteiger partial charge in [0.15, 0.2) is 0 Å². The number of hydrogen-bond acceptors (Lipinski definition) is 3. The maximum Gasteiger partial charge on any atom is 0.121 e. The number of ether oxygens (including phenoxy) is 1. The van der Waals surface area contributed by atoms with Gasteiger partial charge in [0.05, 0.1) is 27.7 Å².